The number of imide groups is 1. The topological polar surface area (TPSA) is 106 Å². The first-order chi connectivity index (χ1) is 9.49. The maximum Gasteiger partial charge on any atom is 0.248 e. The van der Waals surface area contributed by atoms with Crippen LogP contribution in [0.25, 0.3) is 0 Å². The molecule has 0 unspecified atom stereocenters. The van der Waals surface area contributed by atoms with E-state index in [1.54, 1.807) is 12.1 Å². The van der Waals surface area contributed by atoms with Gasteiger partial charge >= 0.3 is 0 Å². The predicted octanol–water partition coefficient (Wildman–Crippen LogP) is 0.797. The number of nitrogens with two attached hydrogens (primary N) is 2. The lowest BCUT2D eigenvalue weighted by molar-refractivity contribution is -0.144. The summed E-state index contributed by atoms with van der Waals surface area (Å²) in [6, 6.07) is 4.63. The monoisotopic (exact) mass is 275 g/mol. The molecular formula is C14H17N3O3. The van der Waals surface area contributed by atoms with E-state index in [1.807, 2.05) is 0 Å². The van der Waals surface area contributed by atoms with Crippen molar-refractivity contribution >= 4 is 23.4 Å². The molecule has 20 heavy (non-hydrogen) atoms. The first kappa shape index (κ1) is 14.0. The molecule has 1 saturated heterocycles. The molecule has 0 radical (unpaired) electrons. The van der Waals surface area contributed by atoms with Crippen molar-refractivity contribution in [2.24, 2.45) is 5.73 Å². The van der Waals surface area contributed by atoms with Crippen molar-refractivity contribution in [2.75, 3.05) is 5.73 Å². The Balaban J connectivity index is 2.22. The summed E-state index contributed by atoms with van der Waals surface area (Å²) in [6.07, 6.45) is 2.23. The summed E-state index contributed by atoms with van der Waals surface area (Å²) in [5, 5.41) is 0. The van der Waals surface area contributed by atoms with E-state index >= 15 is 0 Å². The SMILES string of the molecule is NC(=O)c1ccc(CN2C(=O)CCCCC2=O)c(N)c1. The highest BCUT2D eigenvalue weighted by Gasteiger charge is 2.24. The molecule has 1 aromatic carbocycles. The molecule has 1 aromatic rings. The zero-order valence-corrected chi connectivity index (χ0v) is 11.1. The van der Waals surface area contributed by atoms with Gasteiger partial charge in [-0.1, -0.05) is 6.07 Å². The number of likely N-dealkylation sites (tertiary alicyclic amines) is 1. The number of carbonyl (C=O) groups excluding carboxylic acids is 3. The first-order valence-corrected chi connectivity index (χ1v) is 6.50. The molecular weight excluding hydrogens is 258 g/mol. The molecule has 3 amide bonds. The minimum atomic E-state index is -0.565. The van der Waals surface area contributed by atoms with Gasteiger partial charge in [0.1, 0.15) is 0 Å². The summed E-state index contributed by atoms with van der Waals surface area (Å²) in [5.41, 5.74) is 12.3. The minimum absolute atomic E-state index is 0.141. The van der Waals surface area contributed by atoms with Crippen LogP contribution in [0.2, 0.25) is 0 Å². The van der Waals surface area contributed by atoms with Crippen LogP contribution in [-0.4, -0.2) is 22.6 Å². The number of nitrogen functional groups attached to an aromatic ring is 1. The van der Waals surface area contributed by atoms with E-state index < -0.39 is 5.91 Å². The molecule has 1 fully saturated rings. The normalized spacial score (nSPS) is 16.1. The molecule has 4 N–H and O–H groups in total. The average Bonchev–Trinajstić information content (AvgIpc) is 2.55. The third kappa shape index (κ3) is 2.96. The van der Waals surface area contributed by atoms with Crippen molar-refractivity contribution in [1.82, 2.24) is 4.90 Å². The zero-order valence-electron chi connectivity index (χ0n) is 11.1. The smallest absolute Gasteiger partial charge is 0.248 e. The number of hydrogen-bond donors (Lipinski definition) is 2. The van der Waals surface area contributed by atoms with Crippen LogP contribution in [0.15, 0.2) is 18.2 Å². The van der Waals surface area contributed by atoms with Gasteiger partial charge in [-0.3, -0.25) is 19.3 Å². The van der Waals surface area contributed by atoms with Crippen LogP contribution in [0.3, 0.4) is 0 Å². The van der Waals surface area contributed by atoms with E-state index in [0.29, 0.717) is 29.7 Å². The lowest BCUT2D eigenvalue weighted by atomic mass is 10.1. The number of anilines is 1. The number of nitrogens with zero attached hydrogens (tertiary/aromatic N) is 1. The second kappa shape index (κ2) is 5.73. The number of primary amides is 1. The standard InChI is InChI=1S/C14H17N3O3/c15-11-7-9(14(16)20)5-6-10(11)8-17-12(18)3-1-2-4-13(17)19/h5-7H,1-4,8,15H2,(H2,16,20). The van der Waals surface area contributed by atoms with Gasteiger partial charge in [-0.25, -0.2) is 0 Å². The third-order valence-corrected chi connectivity index (χ3v) is 3.39. The molecule has 0 atom stereocenters. The van der Waals surface area contributed by atoms with Crippen LogP contribution >= 0.6 is 0 Å². The Morgan fingerprint density at radius 2 is 1.75 bits per heavy atom. The van der Waals surface area contributed by atoms with Crippen LogP contribution < -0.4 is 11.5 Å². The number of rotatable bonds is 3. The molecule has 6 nitrogen and oxygen atoms in total. The maximum absolute atomic E-state index is 11.9. The Morgan fingerprint density at radius 3 is 2.25 bits per heavy atom. The molecule has 1 aliphatic heterocycles. The Morgan fingerprint density at radius 1 is 1.15 bits per heavy atom. The van der Waals surface area contributed by atoms with Crippen molar-refractivity contribution in [1.29, 1.82) is 0 Å². The van der Waals surface area contributed by atoms with Gasteiger partial charge in [0, 0.05) is 24.1 Å². The van der Waals surface area contributed by atoms with E-state index in [9.17, 15) is 14.4 Å². The second-order valence-electron chi connectivity index (χ2n) is 4.86. The summed E-state index contributed by atoms with van der Waals surface area (Å²) >= 11 is 0. The molecule has 0 bridgehead atoms. The molecule has 1 aliphatic rings. The fourth-order valence-electron chi connectivity index (χ4n) is 2.20. The summed E-state index contributed by atoms with van der Waals surface area (Å²) in [7, 11) is 0. The number of carbonyl (C=O) groups is 3. The largest absolute Gasteiger partial charge is 0.398 e. The first-order valence-electron chi connectivity index (χ1n) is 6.50. The van der Waals surface area contributed by atoms with Gasteiger partial charge in [0.05, 0.1) is 6.54 Å². The van der Waals surface area contributed by atoms with E-state index in [-0.39, 0.29) is 18.4 Å². The van der Waals surface area contributed by atoms with Crippen LogP contribution in [0.1, 0.15) is 41.6 Å². The van der Waals surface area contributed by atoms with Crippen molar-refractivity contribution in [3.63, 3.8) is 0 Å². The van der Waals surface area contributed by atoms with Crippen LogP contribution in [-0.2, 0) is 16.1 Å². The van der Waals surface area contributed by atoms with Crippen molar-refractivity contribution in [2.45, 2.75) is 32.2 Å². The minimum Gasteiger partial charge on any atom is -0.398 e. The van der Waals surface area contributed by atoms with Crippen molar-refractivity contribution in [3.8, 4) is 0 Å². The van der Waals surface area contributed by atoms with E-state index in [0.717, 1.165) is 12.8 Å². The van der Waals surface area contributed by atoms with Crippen LogP contribution in [0.4, 0.5) is 5.69 Å². The predicted molar refractivity (Wildman–Crippen MR) is 73.4 cm³/mol. The summed E-state index contributed by atoms with van der Waals surface area (Å²) < 4.78 is 0. The molecule has 0 aliphatic carbocycles. The van der Waals surface area contributed by atoms with Gasteiger partial charge in [-0.05, 0) is 30.5 Å². The van der Waals surface area contributed by atoms with Crippen molar-refractivity contribution < 1.29 is 14.4 Å². The van der Waals surface area contributed by atoms with Gasteiger partial charge in [0.15, 0.2) is 0 Å². The zero-order chi connectivity index (χ0) is 14.7. The van der Waals surface area contributed by atoms with Crippen LogP contribution in [0, 0.1) is 0 Å². The van der Waals surface area contributed by atoms with E-state index in [2.05, 4.69) is 0 Å². The quantitative estimate of drug-likeness (QED) is 0.628. The number of benzene rings is 1. The summed E-state index contributed by atoms with van der Waals surface area (Å²) in [4.78, 5) is 36.1. The highest BCUT2D eigenvalue weighted by atomic mass is 16.2. The summed E-state index contributed by atoms with van der Waals surface area (Å²) in [5.74, 6) is -0.915. The molecule has 2 rings (SSSR count). The fraction of sp³-hybridized carbons (Fsp3) is 0.357. The number of amides is 3. The second-order valence-corrected chi connectivity index (χ2v) is 4.86. The van der Waals surface area contributed by atoms with Gasteiger partial charge in [0.2, 0.25) is 17.7 Å². The van der Waals surface area contributed by atoms with E-state index in [1.165, 1.54) is 11.0 Å². The van der Waals surface area contributed by atoms with Gasteiger partial charge in [-0.15, -0.1) is 0 Å². The number of hydrogen-bond acceptors (Lipinski definition) is 4. The molecule has 106 valence electrons. The average molecular weight is 275 g/mol. The van der Waals surface area contributed by atoms with Gasteiger partial charge < -0.3 is 11.5 Å². The third-order valence-electron chi connectivity index (χ3n) is 3.39. The molecule has 0 aromatic heterocycles. The van der Waals surface area contributed by atoms with Gasteiger partial charge in [0.25, 0.3) is 0 Å². The molecule has 1 heterocycles. The summed E-state index contributed by atoms with van der Waals surface area (Å²) in [6.45, 7) is 0.141. The van der Waals surface area contributed by atoms with Crippen LogP contribution in [0.5, 0.6) is 0 Å². The maximum atomic E-state index is 11.9. The highest BCUT2D eigenvalue weighted by molar-refractivity contribution is 5.96. The molecule has 0 spiro atoms. The lowest BCUT2D eigenvalue weighted by Crippen LogP contribution is -2.34. The Bertz CT molecular complexity index is 551. The Kier molecular flexibility index (Phi) is 4.02. The highest BCUT2D eigenvalue weighted by Crippen LogP contribution is 2.20. The lowest BCUT2D eigenvalue weighted by Gasteiger charge is -2.19. The molecule has 0 saturated carbocycles. The fourth-order valence-corrected chi connectivity index (χ4v) is 2.20. The van der Waals surface area contributed by atoms with Gasteiger partial charge in [-0.2, -0.15) is 0 Å². The van der Waals surface area contributed by atoms with E-state index in [4.69, 9.17) is 11.5 Å². The Hall–Kier alpha value is -2.37. The molecule has 6 heteroatoms. The van der Waals surface area contributed by atoms with Crippen molar-refractivity contribution in [3.05, 3.63) is 29.3 Å². The Labute approximate surface area is 116 Å².